The number of amides is 2. The first-order chi connectivity index (χ1) is 13.8. The normalized spacial score (nSPS) is 10.9. The molecule has 29 heavy (non-hydrogen) atoms. The molecule has 0 spiro atoms. The minimum atomic E-state index is -0.528. The van der Waals surface area contributed by atoms with E-state index < -0.39 is 5.82 Å². The Kier molecular flexibility index (Phi) is 8.36. The van der Waals surface area contributed by atoms with E-state index in [4.69, 9.17) is 16.3 Å². The van der Waals surface area contributed by atoms with Gasteiger partial charge in [0.2, 0.25) is 11.8 Å². The highest BCUT2D eigenvalue weighted by Crippen LogP contribution is 2.18. The Morgan fingerprint density at radius 3 is 2.69 bits per heavy atom. The SMILES string of the molecule is COCCN(CC(=O)Nc1cccc(C)c1C)C(=O)/C=C/c1ccc(F)c(Cl)c1. The van der Waals surface area contributed by atoms with Gasteiger partial charge >= 0.3 is 0 Å². The van der Waals surface area contributed by atoms with Crippen molar-refractivity contribution in [2.24, 2.45) is 0 Å². The van der Waals surface area contributed by atoms with Crippen LogP contribution in [0.2, 0.25) is 5.02 Å². The van der Waals surface area contributed by atoms with Gasteiger partial charge in [-0.3, -0.25) is 9.59 Å². The van der Waals surface area contributed by atoms with Crippen molar-refractivity contribution >= 4 is 35.2 Å². The fourth-order valence-corrected chi connectivity index (χ4v) is 2.80. The number of benzene rings is 2. The standard InChI is InChI=1S/C22H24ClFN2O3/c1-15-5-4-6-20(16(15)2)25-21(27)14-26(11-12-29-3)22(28)10-8-17-7-9-19(24)18(23)13-17/h4-10,13H,11-12,14H2,1-3H3,(H,25,27)/b10-8+. The smallest absolute Gasteiger partial charge is 0.247 e. The summed E-state index contributed by atoms with van der Waals surface area (Å²) < 4.78 is 18.3. The highest BCUT2D eigenvalue weighted by molar-refractivity contribution is 6.30. The highest BCUT2D eigenvalue weighted by atomic mass is 35.5. The van der Waals surface area contributed by atoms with Gasteiger partial charge in [-0.15, -0.1) is 0 Å². The molecule has 0 aromatic heterocycles. The van der Waals surface area contributed by atoms with Gasteiger partial charge in [0.05, 0.1) is 11.6 Å². The Balaban J connectivity index is 2.07. The van der Waals surface area contributed by atoms with Crippen molar-refractivity contribution in [2.45, 2.75) is 13.8 Å². The van der Waals surface area contributed by atoms with E-state index in [1.54, 1.807) is 0 Å². The van der Waals surface area contributed by atoms with Gasteiger partial charge in [-0.1, -0.05) is 29.8 Å². The van der Waals surface area contributed by atoms with E-state index in [1.807, 2.05) is 32.0 Å². The van der Waals surface area contributed by atoms with E-state index in [0.29, 0.717) is 17.9 Å². The van der Waals surface area contributed by atoms with Gasteiger partial charge in [0.15, 0.2) is 0 Å². The molecule has 0 bridgehead atoms. The van der Waals surface area contributed by atoms with Crippen molar-refractivity contribution in [1.82, 2.24) is 4.90 Å². The summed E-state index contributed by atoms with van der Waals surface area (Å²) >= 11 is 5.76. The Labute approximate surface area is 175 Å². The van der Waals surface area contributed by atoms with E-state index in [0.717, 1.165) is 11.1 Å². The molecule has 0 unspecified atom stereocenters. The van der Waals surface area contributed by atoms with Gasteiger partial charge in [-0.25, -0.2) is 4.39 Å². The average molecular weight is 419 g/mol. The first-order valence-corrected chi connectivity index (χ1v) is 9.46. The molecule has 0 saturated heterocycles. The van der Waals surface area contributed by atoms with Crippen molar-refractivity contribution < 1.29 is 18.7 Å². The number of carbonyl (C=O) groups is 2. The van der Waals surface area contributed by atoms with Crippen LogP contribution in [0.4, 0.5) is 10.1 Å². The molecule has 2 aromatic rings. The molecule has 0 aliphatic rings. The van der Waals surface area contributed by atoms with Crippen molar-refractivity contribution in [1.29, 1.82) is 0 Å². The lowest BCUT2D eigenvalue weighted by atomic mass is 10.1. The van der Waals surface area contributed by atoms with Crippen LogP contribution >= 0.6 is 11.6 Å². The van der Waals surface area contributed by atoms with Crippen LogP contribution in [0.25, 0.3) is 6.08 Å². The molecule has 5 nitrogen and oxygen atoms in total. The molecule has 2 rings (SSSR count). The second kappa shape index (κ2) is 10.7. The Bertz CT molecular complexity index is 915. The molecule has 154 valence electrons. The number of carbonyl (C=O) groups excluding carboxylic acids is 2. The summed E-state index contributed by atoms with van der Waals surface area (Å²) in [4.78, 5) is 26.4. The predicted molar refractivity (Wildman–Crippen MR) is 113 cm³/mol. The third kappa shape index (κ3) is 6.69. The third-order valence-electron chi connectivity index (χ3n) is 4.45. The molecule has 0 aliphatic heterocycles. The summed E-state index contributed by atoms with van der Waals surface area (Å²) in [6.07, 6.45) is 2.85. The van der Waals surface area contributed by atoms with Gasteiger partial charge in [-0.05, 0) is 54.8 Å². The lowest BCUT2D eigenvalue weighted by Gasteiger charge is -2.21. The molecular weight excluding hydrogens is 395 g/mol. The minimum absolute atomic E-state index is 0.0243. The first-order valence-electron chi connectivity index (χ1n) is 9.09. The van der Waals surface area contributed by atoms with E-state index in [2.05, 4.69) is 5.32 Å². The van der Waals surface area contributed by atoms with Crippen LogP contribution in [0.15, 0.2) is 42.5 Å². The zero-order chi connectivity index (χ0) is 21.4. The molecule has 2 amide bonds. The summed E-state index contributed by atoms with van der Waals surface area (Å²) in [5.74, 6) is -1.19. The molecule has 0 heterocycles. The van der Waals surface area contributed by atoms with Crippen molar-refractivity contribution in [3.63, 3.8) is 0 Å². The van der Waals surface area contributed by atoms with Gasteiger partial charge in [0, 0.05) is 25.4 Å². The fourth-order valence-electron chi connectivity index (χ4n) is 2.61. The van der Waals surface area contributed by atoms with Crippen LogP contribution < -0.4 is 5.32 Å². The van der Waals surface area contributed by atoms with Crippen LogP contribution in [0.5, 0.6) is 0 Å². The topological polar surface area (TPSA) is 58.6 Å². The van der Waals surface area contributed by atoms with Gasteiger partial charge < -0.3 is 15.0 Å². The van der Waals surface area contributed by atoms with E-state index in [-0.39, 0.29) is 29.9 Å². The molecule has 1 N–H and O–H groups in total. The number of halogens is 2. The van der Waals surface area contributed by atoms with Gasteiger partial charge in [-0.2, -0.15) is 0 Å². The summed E-state index contributed by atoms with van der Waals surface area (Å²) in [6.45, 7) is 4.31. The quantitative estimate of drug-likeness (QED) is 0.653. The Morgan fingerprint density at radius 1 is 1.24 bits per heavy atom. The van der Waals surface area contributed by atoms with Crippen molar-refractivity contribution in [3.05, 3.63) is 70.0 Å². The molecular formula is C22H24ClFN2O3. The van der Waals surface area contributed by atoms with E-state index in [9.17, 15) is 14.0 Å². The molecule has 0 atom stereocenters. The van der Waals surface area contributed by atoms with Gasteiger partial charge in [0.1, 0.15) is 12.4 Å². The second-order valence-corrected chi connectivity index (χ2v) is 6.96. The molecule has 7 heteroatoms. The number of hydrogen-bond acceptors (Lipinski definition) is 3. The number of hydrogen-bond donors (Lipinski definition) is 1. The molecule has 0 aliphatic carbocycles. The van der Waals surface area contributed by atoms with Crippen LogP contribution in [-0.4, -0.2) is 43.5 Å². The highest BCUT2D eigenvalue weighted by Gasteiger charge is 2.16. The predicted octanol–water partition coefficient (Wildman–Crippen LogP) is 4.22. The van der Waals surface area contributed by atoms with Crippen LogP contribution in [0.1, 0.15) is 16.7 Å². The maximum absolute atomic E-state index is 13.3. The largest absolute Gasteiger partial charge is 0.383 e. The molecule has 0 saturated carbocycles. The number of aryl methyl sites for hydroxylation is 1. The fraction of sp³-hybridized carbons (Fsp3) is 0.273. The lowest BCUT2D eigenvalue weighted by molar-refractivity contribution is -0.131. The lowest BCUT2D eigenvalue weighted by Crippen LogP contribution is -2.39. The summed E-state index contributed by atoms with van der Waals surface area (Å²) in [5.41, 5.74) is 3.33. The number of nitrogens with zero attached hydrogens (tertiary/aromatic N) is 1. The zero-order valence-corrected chi connectivity index (χ0v) is 17.4. The molecule has 0 radical (unpaired) electrons. The van der Waals surface area contributed by atoms with Crippen LogP contribution in [0.3, 0.4) is 0 Å². The summed E-state index contributed by atoms with van der Waals surface area (Å²) in [7, 11) is 1.52. The number of ether oxygens (including phenoxy) is 1. The van der Waals surface area contributed by atoms with E-state index in [1.165, 1.54) is 42.4 Å². The van der Waals surface area contributed by atoms with Crippen LogP contribution in [-0.2, 0) is 14.3 Å². The molecule has 0 fully saturated rings. The van der Waals surface area contributed by atoms with Crippen molar-refractivity contribution in [2.75, 3.05) is 32.1 Å². The monoisotopic (exact) mass is 418 g/mol. The third-order valence-corrected chi connectivity index (χ3v) is 4.74. The number of rotatable bonds is 8. The Morgan fingerprint density at radius 2 is 2.00 bits per heavy atom. The van der Waals surface area contributed by atoms with Gasteiger partial charge in [0.25, 0.3) is 0 Å². The molecule has 2 aromatic carbocycles. The minimum Gasteiger partial charge on any atom is -0.383 e. The number of methoxy groups -OCH3 is 1. The summed E-state index contributed by atoms with van der Waals surface area (Å²) in [5, 5.41) is 2.82. The maximum atomic E-state index is 13.3. The average Bonchev–Trinajstić information content (AvgIpc) is 2.69. The maximum Gasteiger partial charge on any atom is 0.247 e. The second-order valence-electron chi connectivity index (χ2n) is 6.56. The Hall–Kier alpha value is -2.70. The number of nitrogens with one attached hydrogen (secondary N) is 1. The summed E-state index contributed by atoms with van der Waals surface area (Å²) in [6, 6.07) is 9.81. The zero-order valence-electron chi connectivity index (χ0n) is 16.7. The first kappa shape index (κ1) is 22.6. The van der Waals surface area contributed by atoms with E-state index >= 15 is 0 Å². The number of anilines is 1. The van der Waals surface area contributed by atoms with Crippen molar-refractivity contribution in [3.8, 4) is 0 Å². The van der Waals surface area contributed by atoms with Crippen LogP contribution in [0, 0.1) is 19.7 Å².